The molecule has 12 heavy (non-hydrogen) atoms. The molecule has 1 rings (SSSR count). The zero-order valence-electron chi connectivity index (χ0n) is 7.76. The molecule has 1 aliphatic rings. The van der Waals surface area contributed by atoms with E-state index in [1.54, 1.807) is 0 Å². The van der Waals surface area contributed by atoms with Crippen LogP contribution < -0.4 is 5.43 Å². The van der Waals surface area contributed by atoms with E-state index in [-0.39, 0.29) is 11.8 Å². The second kappa shape index (κ2) is 4.24. The summed E-state index contributed by atoms with van der Waals surface area (Å²) in [7, 11) is 0. The summed E-state index contributed by atoms with van der Waals surface area (Å²) in [4.78, 5) is 11.1. The molecule has 0 atom stereocenters. The minimum Gasteiger partial charge on any atom is -0.273 e. The molecule has 0 radical (unpaired) electrons. The van der Waals surface area contributed by atoms with Crippen molar-refractivity contribution in [2.24, 2.45) is 11.0 Å². The fourth-order valence-electron chi connectivity index (χ4n) is 0.979. The first-order chi connectivity index (χ1) is 5.77. The highest BCUT2D eigenvalue weighted by Crippen LogP contribution is 2.28. The van der Waals surface area contributed by atoms with E-state index in [0.717, 1.165) is 31.4 Å². The van der Waals surface area contributed by atoms with Gasteiger partial charge >= 0.3 is 0 Å². The van der Waals surface area contributed by atoms with Crippen molar-refractivity contribution in [3.63, 3.8) is 0 Å². The molecule has 3 nitrogen and oxygen atoms in total. The summed E-state index contributed by atoms with van der Waals surface area (Å²) in [5.74, 6) is 0.345. The van der Waals surface area contributed by atoms with Gasteiger partial charge < -0.3 is 0 Å². The van der Waals surface area contributed by atoms with E-state index in [1.807, 2.05) is 13.8 Å². The van der Waals surface area contributed by atoms with E-state index in [0.29, 0.717) is 0 Å². The van der Waals surface area contributed by atoms with Crippen LogP contribution in [-0.2, 0) is 4.79 Å². The molecular weight excluding hydrogens is 152 g/mol. The third-order valence-electron chi connectivity index (χ3n) is 2.09. The second-order valence-corrected chi connectivity index (χ2v) is 3.14. The lowest BCUT2D eigenvalue weighted by atomic mass is 10.2. The van der Waals surface area contributed by atoms with Gasteiger partial charge in [-0.05, 0) is 25.7 Å². The Balaban J connectivity index is 2.29. The van der Waals surface area contributed by atoms with Gasteiger partial charge in [-0.1, -0.05) is 13.8 Å². The van der Waals surface area contributed by atoms with Gasteiger partial charge in [0.15, 0.2) is 0 Å². The van der Waals surface area contributed by atoms with Gasteiger partial charge in [-0.3, -0.25) is 4.79 Å². The minimum absolute atomic E-state index is 0.0920. The molecule has 0 aliphatic heterocycles. The number of carbonyl (C=O) groups excluding carboxylic acids is 1. The second-order valence-electron chi connectivity index (χ2n) is 3.14. The Kier molecular flexibility index (Phi) is 3.26. The molecule has 1 fully saturated rings. The maximum Gasteiger partial charge on any atom is 0.243 e. The number of hydrogen-bond donors (Lipinski definition) is 1. The summed E-state index contributed by atoms with van der Waals surface area (Å²) < 4.78 is 0. The van der Waals surface area contributed by atoms with Crippen LogP contribution in [0.2, 0.25) is 0 Å². The SMILES string of the molecule is CCC(CC)=NNC(=O)C1CC1. The van der Waals surface area contributed by atoms with E-state index in [9.17, 15) is 4.79 Å². The molecule has 68 valence electrons. The smallest absolute Gasteiger partial charge is 0.243 e. The first-order valence-corrected chi connectivity index (χ1v) is 4.63. The number of hydrogen-bond acceptors (Lipinski definition) is 2. The highest BCUT2D eigenvalue weighted by Gasteiger charge is 2.29. The Morgan fingerprint density at radius 3 is 2.42 bits per heavy atom. The molecule has 1 N–H and O–H groups in total. The molecule has 0 spiro atoms. The summed E-state index contributed by atoms with van der Waals surface area (Å²) in [6, 6.07) is 0. The van der Waals surface area contributed by atoms with Crippen molar-refractivity contribution in [1.82, 2.24) is 5.43 Å². The van der Waals surface area contributed by atoms with E-state index in [4.69, 9.17) is 0 Å². The number of hydrazone groups is 1. The minimum atomic E-state index is 0.0920. The molecular formula is C9H16N2O. The predicted octanol–water partition coefficient (Wildman–Crippen LogP) is 1.69. The normalized spacial score (nSPS) is 15.5. The Labute approximate surface area is 73.2 Å². The molecule has 0 saturated heterocycles. The Morgan fingerprint density at radius 2 is 2.00 bits per heavy atom. The number of amides is 1. The first kappa shape index (κ1) is 9.23. The van der Waals surface area contributed by atoms with Crippen LogP contribution in [0.4, 0.5) is 0 Å². The highest BCUT2D eigenvalue weighted by atomic mass is 16.2. The number of nitrogens with zero attached hydrogens (tertiary/aromatic N) is 1. The van der Waals surface area contributed by atoms with E-state index in [2.05, 4.69) is 10.5 Å². The van der Waals surface area contributed by atoms with Gasteiger partial charge in [-0.2, -0.15) is 5.10 Å². The van der Waals surface area contributed by atoms with Crippen molar-refractivity contribution in [3.8, 4) is 0 Å². The summed E-state index contributed by atoms with van der Waals surface area (Å²) in [5, 5.41) is 4.04. The number of rotatable bonds is 4. The zero-order chi connectivity index (χ0) is 8.97. The predicted molar refractivity (Wildman–Crippen MR) is 48.9 cm³/mol. The molecule has 3 heteroatoms. The molecule has 0 unspecified atom stereocenters. The van der Waals surface area contributed by atoms with Crippen molar-refractivity contribution < 1.29 is 4.79 Å². The average Bonchev–Trinajstić information content (AvgIpc) is 2.88. The van der Waals surface area contributed by atoms with Gasteiger partial charge in [0.1, 0.15) is 0 Å². The fraction of sp³-hybridized carbons (Fsp3) is 0.778. The molecule has 0 aromatic rings. The van der Waals surface area contributed by atoms with Gasteiger partial charge in [0.25, 0.3) is 0 Å². The van der Waals surface area contributed by atoms with Gasteiger partial charge in [0.05, 0.1) is 0 Å². The van der Waals surface area contributed by atoms with Crippen molar-refractivity contribution in [3.05, 3.63) is 0 Å². The Bertz CT molecular complexity index is 189. The van der Waals surface area contributed by atoms with Crippen LogP contribution in [-0.4, -0.2) is 11.6 Å². The van der Waals surface area contributed by atoms with E-state index >= 15 is 0 Å². The van der Waals surface area contributed by atoms with Crippen LogP contribution in [0.25, 0.3) is 0 Å². The van der Waals surface area contributed by atoms with E-state index < -0.39 is 0 Å². The third kappa shape index (κ3) is 2.64. The Hall–Kier alpha value is -0.860. The standard InChI is InChI=1S/C9H16N2O/c1-3-8(4-2)10-11-9(12)7-5-6-7/h7H,3-6H2,1-2H3,(H,11,12). The van der Waals surface area contributed by atoms with Gasteiger partial charge in [0, 0.05) is 11.6 Å². The summed E-state index contributed by atoms with van der Waals surface area (Å²) in [6.07, 6.45) is 3.91. The van der Waals surface area contributed by atoms with Crippen LogP contribution in [0.3, 0.4) is 0 Å². The van der Waals surface area contributed by atoms with Crippen LogP contribution in [0.15, 0.2) is 5.10 Å². The van der Waals surface area contributed by atoms with Crippen LogP contribution >= 0.6 is 0 Å². The van der Waals surface area contributed by atoms with Gasteiger partial charge in [-0.25, -0.2) is 5.43 Å². The molecule has 0 aromatic carbocycles. The molecule has 0 aromatic heterocycles. The Morgan fingerprint density at radius 1 is 1.42 bits per heavy atom. The maximum atomic E-state index is 11.1. The maximum absolute atomic E-state index is 11.1. The van der Waals surface area contributed by atoms with Crippen LogP contribution in [0.5, 0.6) is 0 Å². The zero-order valence-corrected chi connectivity index (χ0v) is 7.76. The molecule has 0 bridgehead atoms. The summed E-state index contributed by atoms with van der Waals surface area (Å²) in [6.45, 7) is 4.09. The monoisotopic (exact) mass is 168 g/mol. The number of nitrogens with one attached hydrogen (secondary N) is 1. The van der Waals surface area contributed by atoms with Crippen molar-refractivity contribution in [2.75, 3.05) is 0 Å². The first-order valence-electron chi connectivity index (χ1n) is 4.63. The third-order valence-corrected chi connectivity index (χ3v) is 2.09. The molecule has 0 heterocycles. The molecule has 1 saturated carbocycles. The van der Waals surface area contributed by atoms with Crippen molar-refractivity contribution in [1.29, 1.82) is 0 Å². The van der Waals surface area contributed by atoms with Crippen LogP contribution in [0.1, 0.15) is 39.5 Å². The van der Waals surface area contributed by atoms with Crippen molar-refractivity contribution >= 4 is 11.6 Å². The highest BCUT2D eigenvalue weighted by molar-refractivity contribution is 5.87. The van der Waals surface area contributed by atoms with E-state index in [1.165, 1.54) is 0 Å². The molecule has 1 aliphatic carbocycles. The van der Waals surface area contributed by atoms with Gasteiger partial charge in [-0.15, -0.1) is 0 Å². The number of carbonyl (C=O) groups is 1. The largest absolute Gasteiger partial charge is 0.273 e. The average molecular weight is 168 g/mol. The quantitative estimate of drug-likeness (QED) is 0.503. The summed E-state index contributed by atoms with van der Waals surface area (Å²) >= 11 is 0. The molecule has 1 amide bonds. The fourth-order valence-corrected chi connectivity index (χ4v) is 0.979. The van der Waals surface area contributed by atoms with Crippen LogP contribution in [0, 0.1) is 5.92 Å². The van der Waals surface area contributed by atoms with Gasteiger partial charge in [0.2, 0.25) is 5.91 Å². The summed E-state index contributed by atoms with van der Waals surface area (Å²) in [5.41, 5.74) is 3.65. The lowest BCUT2D eigenvalue weighted by molar-refractivity contribution is -0.122. The lowest BCUT2D eigenvalue weighted by Crippen LogP contribution is -2.20. The lowest BCUT2D eigenvalue weighted by Gasteiger charge is -2.00. The topological polar surface area (TPSA) is 41.5 Å². The van der Waals surface area contributed by atoms with Crippen molar-refractivity contribution in [2.45, 2.75) is 39.5 Å².